The monoisotopic (exact) mass is 315 g/mol. The minimum absolute atomic E-state index is 0.194. The minimum atomic E-state index is -0.223. The lowest BCUT2D eigenvalue weighted by Gasteiger charge is -2.21. The standard InChI is InChI=1S/C15H22FNO3S/c1-19-11-9-17(8-7-15(18)20-2)10-12-21-14-6-4-3-5-13(14)16/h3-6H,7-12H2,1-2H3. The Bertz CT molecular complexity index is 431. The van der Waals surface area contributed by atoms with E-state index in [0.717, 1.165) is 18.8 Å². The third-order valence-corrected chi connectivity index (χ3v) is 4.00. The van der Waals surface area contributed by atoms with Crippen LogP contribution < -0.4 is 0 Å². The molecule has 1 rings (SSSR count). The highest BCUT2D eigenvalue weighted by Crippen LogP contribution is 2.20. The lowest BCUT2D eigenvalue weighted by molar-refractivity contribution is -0.141. The molecule has 1 aromatic carbocycles. The van der Waals surface area contributed by atoms with Crippen LogP contribution in [0.25, 0.3) is 0 Å². The maximum absolute atomic E-state index is 13.5. The van der Waals surface area contributed by atoms with E-state index >= 15 is 0 Å². The van der Waals surface area contributed by atoms with Gasteiger partial charge in [0.15, 0.2) is 0 Å². The molecule has 0 aliphatic rings. The maximum Gasteiger partial charge on any atom is 0.306 e. The Kier molecular flexibility index (Phi) is 9.05. The van der Waals surface area contributed by atoms with E-state index in [0.29, 0.717) is 24.5 Å². The van der Waals surface area contributed by atoms with Gasteiger partial charge in [0.25, 0.3) is 0 Å². The molecular weight excluding hydrogens is 293 g/mol. The van der Waals surface area contributed by atoms with Crippen molar-refractivity contribution in [2.45, 2.75) is 11.3 Å². The van der Waals surface area contributed by atoms with E-state index in [1.165, 1.54) is 24.9 Å². The van der Waals surface area contributed by atoms with Crippen LogP contribution in [0.3, 0.4) is 0 Å². The first kappa shape index (κ1) is 17.9. The van der Waals surface area contributed by atoms with Gasteiger partial charge in [-0.1, -0.05) is 12.1 Å². The number of esters is 1. The molecule has 0 aliphatic carbocycles. The third kappa shape index (κ3) is 7.45. The molecule has 0 amide bonds. The molecule has 0 unspecified atom stereocenters. The van der Waals surface area contributed by atoms with Gasteiger partial charge in [0.05, 0.1) is 20.1 Å². The summed E-state index contributed by atoms with van der Waals surface area (Å²) in [7, 11) is 3.03. The van der Waals surface area contributed by atoms with Gasteiger partial charge in [-0.25, -0.2) is 4.39 Å². The van der Waals surface area contributed by atoms with Gasteiger partial charge in [0, 0.05) is 37.4 Å². The van der Waals surface area contributed by atoms with Gasteiger partial charge >= 0.3 is 5.97 Å². The summed E-state index contributed by atoms with van der Waals surface area (Å²) >= 11 is 1.48. The van der Waals surface area contributed by atoms with Crippen molar-refractivity contribution in [1.29, 1.82) is 0 Å². The van der Waals surface area contributed by atoms with Crippen LogP contribution in [0.4, 0.5) is 4.39 Å². The highest BCUT2D eigenvalue weighted by molar-refractivity contribution is 7.99. The number of thioether (sulfide) groups is 1. The van der Waals surface area contributed by atoms with E-state index < -0.39 is 0 Å². The number of methoxy groups -OCH3 is 2. The van der Waals surface area contributed by atoms with Crippen LogP contribution in [0.15, 0.2) is 29.2 Å². The second-order valence-corrected chi connectivity index (χ2v) is 5.58. The summed E-state index contributed by atoms with van der Waals surface area (Å²) in [4.78, 5) is 14.0. The fourth-order valence-corrected chi connectivity index (χ4v) is 2.70. The molecule has 0 heterocycles. The van der Waals surface area contributed by atoms with E-state index in [9.17, 15) is 9.18 Å². The fraction of sp³-hybridized carbons (Fsp3) is 0.533. The SMILES string of the molecule is COCCN(CCSc1ccccc1F)CCC(=O)OC. The lowest BCUT2D eigenvalue weighted by Crippen LogP contribution is -2.32. The summed E-state index contributed by atoms with van der Waals surface area (Å²) in [5.74, 6) is 0.339. The molecule has 0 radical (unpaired) electrons. The second kappa shape index (κ2) is 10.6. The number of nitrogens with zero attached hydrogens (tertiary/aromatic N) is 1. The van der Waals surface area contributed by atoms with Gasteiger partial charge in [-0.2, -0.15) is 0 Å². The molecular formula is C15H22FNO3S. The summed E-state index contributed by atoms with van der Waals surface area (Å²) in [6.45, 7) is 2.73. The second-order valence-electron chi connectivity index (χ2n) is 4.44. The Morgan fingerprint density at radius 3 is 2.67 bits per heavy atom. The van der Waals surface area contributed by atoms with Crippen molar-refractivity contribution in [1.82, 2.24) is 4.90 Å². The van der Waals surface area contributed by atoms with Crippen molar-refractivity contribution in [2.75, 3.05) is 46.2 Å². The normalized spacial score (nSPS) is 10.9. The summed E-state index contributed by atoms with van der Waals surface area (Å²) in [5, 5.41) is 0. The zero-order valence-electron chi connectivity index (χ0n) is 12.5. The van der Waals surface area contributed by atoms with Crippen LogP contribution in [0.2, 0.25) is 0 Å². The topological polar surface area (TPSA) is 38.8 Å². The summed E-state index contributed by atoms with van der Waals surface area (Å²) in [6, 6.07) is 6.74. The molecule has 0 aromatic heterocycles. The number of benzene rings is 1. The van der Waals surface area contributed by atoms with E-state index in [1.807, 2.05) is 6.07 Å². The molecule has 118 valence electrons. The van der Waals surface area contributed by atoms with Crippen LogP contribution in [0.1, 0.15) is 6.42 Å². The van der Waals surface area contributed by atoms with Gasteiger partial charge in [-0.05, 0) is 12.1 Å². The van der Waals surface area contributed by atoms with E-state index in [1.54, 1.807) is 19.2 Å². The van der Waals surface area contributed by atoms with E-state index in [2.05, 4.69) is 9.64 Å². The summed E-state index contributed by atoms with van der Waals surface area (Å²) in [6.07, 6.45) is 0.352. The minimum Gasteiger partial charge on any atom is -0.469 e. The molecule has 21 heavy (non-hydrogen) atoms. The van der Waals surface area contributed by atoms with Crippen molar-refractivity contribution in [3.8, 4) is 0 Å². The molecule has 0 aliphatic heterocycles. The molecule has 0 spiro atoms. The van der Waals surface area contributed by atoms with Crippen molar-refractivity contribution < 1.29 is 18.7 Å². The van der Waals surface area contributed by atoms with Crippen molar-refractivity contribution in [2.24, 2.45) is 0 Å². The van der Waals surface area contributed by atoms with Crippen molar-refractivity contribution in [3.05, 3.63) is 30.1 Å². The number of carbonyl (C=O) groups excluding carboxylic acids is 1. The molecule has 0 saturated heterocycles. The Hall–Kier alpha value is -1.11. The van der Waals surface area contributed by atoms with Gasteiger partial charge in [-0.3, -0.25) is 9.69 Å². The lowest BCUT2D eigenvalue weighted by atomic mass is 10.3. The summed E-state index contributed by atoms with van der Waals surface area (Å²) < 4.78 is 23.2. The van der Waals surface area contributed by atoms with Crippen LogP contribution in [0, 0.1) is 5.82 Å². The van der Waals surface area contributed by atoms with Crippen molar-refractivity contribution in [3.63, 3.8) is 0 Å². The molecule has 0 fully saturated rings. The maximum atomic E-state index is 13.5. The number of hydrogen-bond donors (Lipinski definition) is 0. The molecule has 1 aromatic rings. The fourth-order valence-electron chi connectivity index (χ4n) is 1.75. The number of hydrogen-bond acceptors (Lipinski definition) is 5. The average molecular weight is 315 g/mol. The number of carbonyl (C=O) groups is 1. The number of ether oxygens (including phenoxy) is 2. The quantitative estimate of drug-likeness (QED) is 0.490. The zero-order valence-corrected chi connectivity index (χ0v) is 13.3. The van der Waals surface area contributed by atoms with Crippen LogP contribution in [-0.4, -0.2) is 57.1 Å². The highest BCUT2D eigenvalue weighted by Gasteiger charge is 2.09. The molecule has 0 N–H and O–H groups in total. The van der Waals surface area contributed by atoms with Crippen LogP contribution in [0.5, 0.6) is 0 Å². The first-order chi connectivity index (χ1) is 10.2. The average Bonchev–Trinajstić information content (AvgIpc) is 2.50. The Morgan fingerprint density at radius 2 is 2.00 bits per heavy atom. The molecule has 6 heteroatoms. The molecule has 0 saturated carbocycles. The predicted molar refractivity (Wildman–Crippen MR) is 82.1 cm³/mol. The van der Waals surface area contributed by atoms with E-state index in [4.69, 9.17) is 4.74 Å². The van der Waals surface area contributed by atoms with Crippen molar-refractivity contribution >= 4 is 17.7 Å². The highest BCUT2D eigenvalue weighted by atomic mass is 32.2. The van der Waals surface area contributed by atoms with E-state index in [-0.39, 0.29) is 11.8 Å². The first-order valence-electron chi connectivity index (χ1n) is 6.82. The van der Waals surface area contributed by atoms with Crippen LogP contribution >= 0.6 is 11.8 Å². The molecule has 0 atom stereocenters. The first-order valence-corrected chi connectivity index (χ1v) is 7.81. The summed E-state index contributed by atoms with van der Waals surface area (Å²) in [5.41, 5.74) is 0. The Labute approximate surface area is 129 Å². The Balaban J connectivity index is 2.37. The van der Waals surface area contributed by atoms with Crippen LogP contribution in [-0.2, 0) is 14.3 Å². The van der Waals surface area contributed by atoms with Gasteiger partial charge in [0.2, 0.25) is 0 Å². The molecule has 0 bridgehead atoms. The van der Waals surface area contributed by atoms with Gasteiger partial charge in [0.1, 0.15) is 5.82 Å². The van der Waals surface area contributed by atoms with Gasteiger partial charge < -0.3 is 9.47 Å². The zero-order chi connectivity index (χ0) is 15.5. The third-order valence-electron chi connectivity index (χ3n) is 2.97. The molecule has 4 nitrogen and oxygen atoms in total. The Morgan fingerprint density at radius 1 is 1.24 bits per heavy atom. The van der Waals surface area contributed by atoms with Gasteiger partial charge in [-0.15, -0.1) is 11.8 Å². The predicted octanol–water partition coefficient (Wildman–Crippen LogP) is 2.43. The number of rotatable bonds is 10. The largest absolute Gasteiger partial charge is 0.469 e. The number of halogens is 1. The smallest absolute Gasteiger partial charge is 0.306 e.